The van der Waals surface area contributed by atoms with Crippen molar-refractivity contribution in [2.45, 2.75) is 25.0 Å². The Hall–Kier alpha value is 0.830. The summed E-state index contributed by atoms with van der Waals surface area (Å²) in [5, 5.41) is 14.5. The largest absolute Gasteiger partial charge is 0.779 e. The van der Waals surface area contributed by atoms with Crippen LogP contribution in [0.25, 0.3) is 0 Å². The van der Waals surface area contributed by atoms with Crippen LogP contribution in [0.3, 0.4) is 0 Å². The van der Waals surface area contributed by atoms with Crippen molar-refractivity contribution in [1.29, 1.82) is 0 Å². The van der Waals surface area contributed by atoms with Gasteiger partial charge in [0, 0.05) is 6.66 Å². The number of ether oxygens (including phenoxy) is 2. The highest BCUT2D eigenvalue weighted by atomic mass is 31.2. The van der Waals surface area contributed by atoms with Gasteiger partial charge < -0.3 is 140 Å². The fraction of sp³-hybridized carbons (Fsp3) is 1.00. The first kappa shape index (κ1) is 76.8. The van der Waals surface area contributed by atoms with E-state index < -0.39 is 188 Å². The molecule has 0 spiro atoms. The van der Waals surface area contributed by atoms with Crippen molar-refractivity contribution in [3.63, 3.8) is 0 Å². The molecule has 0 aromatic carbocycles. The summed E-state index contributed by atoms with van der Waals surface area (Å²) in [5.74, 6) is 0. The molecule has 0 heterocycles. The first-order valence-corrected chi connectivity index (χ1v) is 34.6. The molecule has 0 aromatic rings. The van der Waals surface area contributed by atoms with Crippen molar-refractivity contribution in [3.05, 3.63) is 0 Å². The highest BCUT2D eigenvalue weighted by molar-refractivity contribution is 7.50. The Kier molecular flexibility index (Phi) is 39.8. The van der Waals surface area contributed by atoms with E-state index in [1.807, 2.05) is 0 Å². The SMILES string of the molecule is CNCOCCC(CO)OP(=O)([O-])OCCOP(=O)([O-])OCCOP(=O)([O-])OCCOP(=O)([O-])OCCOP(=O)([O-])OCCOP(=O)([O-])OCCOP(=O)([O-])OCC(CCOCNC)OP(=O)([O-])OCCOP(C)(=O)[O-]. The lowest BCUT2D eigenvalue weighted by Gasteiger charge is -2.30. The maximum absolute atomic E-state index is 12.2. The predicted octanol–water partition coefficient (Wildman–Crippen LogP) is -4.90. The summed E-state index contributed by atoms with van der Waals surface area (Å²) in [4.78, 5) is 107. The van der Waals surface area contributed by atoms with E-state index in [0.717, 1.165) is 6.66 Å². The Morgan fingerprint density at radius 1 is 0.342 bits per heavy atom. The van der Waals surface area contributed by atoms with Gasteiger partial charge in [0.25, 0.3) is 62.6 Å². The lowest BCUT2D eigenvalue weighted by molar-refractivity contribution is -0.240. The number of hydrogen-bond donors (Lipinski definition) is 3. The lowest BCUT2D eigenvalue weighted by atomic mass is 10.3. The van der Waals surface area contributed by atoms with E-state index in [2.05, 4.69) is 83.0 Å². The van der Waals surface area contributed by atoms with Crippen LogP contribution in [-0.4, -0.2) is 170 Å². The Morgan fingerprint density at radius 2 is 0.566 bits per heavy atom. The third-order valence-corrected chi connectivity index (χ3v) is 15.7. The molecule has 0 fully saturated rings. The Balaban J connectivity index is 4.45. The second kappa shape index (κ2) is 39.4. The van der Waals surface area contributed by atoms with E-state index >= 15 is 0 Å². The summed E-state index contributed by atoms with van der Waals surface area (Å²) in [6.07, 6.45) is -3.13. The standard InChI is InChI=1S/C27H67N2O38P9/c1-28-24-49-6-4-26(22-30)66-75(45,46)64-21-20-61-73(41,42)59-17-16-57-71(37,38)55-13-12-53-69(33,34)52-10-11-54-70(35,36)56-14-15-58-72(39,40)60-18-19-62-74(43,44)65-23-27(5-7-50-25-29-2)67-76(47,48)63-9-8-51-68(3,31)32/h26-30H,4-25H2,1-3H3,(H,31,32)(H,33,34)(H,35,36)(H,37,38)(H,39,40)(H,41,42)(H,43,44)(H,45,46)(H,47,48)/p-9. The van der Waals surface area contributed by atoms with Gasteiger partial charge in [0.2, 0.25) is 0 Å². The predicted molar refractivity (Wildman–Crippen MR) is 229 cm³/mol. The first-order valence-electron chi connectivity index (χ1n) is 20.9. The number of aliphatic hydroxyl groups excluding tert-OH is 1. The van der Waals surface area contributed by atoms with Crippen molar-refractivity contribution in [2.24, 2.45) is 0 Å². The van der Waals surface area contributed by atoms with Crippen LogP contribution < -0.4 is 54.7 Å². The average Bonchev–Trinajstić information content (AvgIpc) is 3.30. The molecule has 76 heavy (non-hydrogen) atoms. The number of hydrogen-bond acceptors (Lipinski definition) is 40. The Morgan fingerprint density at radius 3 is 0.816 bits per heavy atom. The molecule has 0 aliphatic heterocycles. The maximum atomic E-state index is 12.2. The normalized spacial score (nSPS) is 20.3. The van der Waals surface area contributed by atoms with Crippen molar-refractivity contribution in [1.82, 2.24) is 10.6 Å². The summed E-state index contributed by atoms with van der Waals surface area (Å²) in [6.45, 7) is -14.6. The molecular weight excluding hydrogens is 1240 g/mol. The molecule has 0 saturated carbocycles. The molecule has 458 valence electrons. The number of rotatable bonds is 53. The molecule has 11 unspecified atom stereocenters. The minimum Gasteiger partial charge on any atom is -0.779 e. The molecule has 0 saturated heterocycles. The van der Waals surface area contributed by atoms with Gasteiger partial charge in [-0.15, -0.1) is 0 Å². The molecule has 11 atom stereocenters. The van der Waals surface area contributed by atoms with E-state index in [9.17, 15) is 90.2 Å². The molecule has 0 bridgehead atoms. The van der Waals surface area contributed by atoms with Gasteiger partial charge in [0.1, 0.15) is 7.60 Å². The van der Waals surface area contributed by atoms with Gasteiger partial charge in [-0.05, 0) is 26.9 Å². The molecule has 0 rings (SSSR count). The second-order valence-corrected chi connectivity index (χ2v) is 26.3. The highest BCUT2D eigenvalue weighted by Crippen LogP contribution is 2.46. The minimum atomic E-state index is -5.31. The van der Waals surface area contributed by atoms with E-state index in [1.54, 1.807) is 7.05 Å². The van der Waals surface area contributed by atoms with Gasteiger partial charge in [-0.25, -0.2) is 0 Å². The summed E-state index contributed by atoms with van der Waals surface area (Å²) in [5.41, 5.74) is 0. The molecule has 0 aromatic heterocycles. The third kappa shape index (κ3) is 46.3. The number of phosphoric acid groups is 8. The van der Waals surface area contributed by atoms with Crippen molar-refractivity contribution in [2.75, 3.05) is 153 Å². The molecule has 0 aliphatic rings. The van der Waals surface area contributed by atoms with Crippen LogP contribution in [0.5, 0.6) is 0 Å². The minimum absolute atomic E-state index is 0.000444. The van der Waals surface area contributed by atoms with Crippen LogP contribution in [0.15, 0.2) is 0 Å². The van der Waals surface area contributed by atoms with Crippen LogP contribution in [-0.2, 0) is 127 Å². The van der Waals surface area contributed by atoms with Crippen molar-refractivity contribution < 1.29 is 177 Å². The van der Waals surface area contributed by atoms with Crippen molar-refractivity contribution >= 4 is 70.2 Å². The topological polar surface area (TPSA) is 581 Å². The summed E-state index contributed by atoms with van der Waals surface area (Å²) in [6, 6.07) is 0. The monoisotopic (exact) mass is 1300 g/mol. The van der Waals surface area contributed by atoms with Gasteiger partial charge in [-0.1, -0.05) is 0 Å². The fourth-order valence-corrected chi connectivity index (χ4v) is 10.4. The van der Waals surface area contributed by atoms with Gasteiger partial charge in [-0.2, -0.15) is 0 Å². The van der Waals surface area contributed by atoms with Gasteiger partial charge >= 0.3 is 0 Å². The quantitative estimate of drug-likeness (QED) is 0.0292. The Labute approximate surface area is 434 Å². The molecule has 0 radical (unpaired) electrons. The number of phosphoric ester groups is 8. The van der Waals surface area contributed by atoms with E-state index in [1.165, 1.54) is 7.05 Å². The second-order valence-electron chi connectivity index (χ2n) is 13.3. The summed E-state index contributed by atoms with van der Waals surface area (Å²) in [7, 11) is -42.9. The smallest absolute Gasteiger partial charge is 0.268 e. The molecule has 49 heteroatoms. The zero-order chi connectivity index (χ0) is 58.1. The molecular formula is C27H58N2O38P9-9. The maximum Gasteiger partial charge on any atom is 0.268 e. The third-order valence-electron chi connectivity index (χ3n) is 6.99. The average molecular weight is 1300 g/mol. The van der Waals surface area contributed by atoms with Gasteiger partial charge in [-0.3, -0.25) is 47.2 Å². The van der Waals surface area contributed by atoms with Crippen molar-refractivity contribution in [3.8, 4) is 0 Å². The number of nitrogens with one attached hydrogen (secondary N) is 2. The van der Waals surface area contributed by atoms with Crippen LogP contribution in [0, 0.1) is 0 Å². The fourth-order valence-electron chi connectivity index (χ4n) is 4.09. The van der Waals surface area contributed by atoms with E-state index in [0.29, 0.717) is 0 Å². The molecule has 3 N–H and O–H groups in total. The van der Waals surface area contributed by atoms with Crippen LogP contribution in [0.1, 0.15) is 12.8 Å². The number of aliphatic hydroxyl groups is 1. The van der Waals surface area contributed by atoms with E-state index in [4.69, 9.17) is 14.0 Å². The van der Waals surface area contributed by atoms with Gasteiger partial charge in [0.15, 0.2) is 0 Å². The Bertz CT molecular complexity index is 2040. The molecule has 40 nitrogen and oxygen atoms in total. The van der Waals surface area contributed by atoms with E-state index in [-0.39, 0.29) is 39.5 Å². The summed E-state index contributed by atoms with van der Waals surface area (Å²) >= 11 is 0. The zero-order valence-electron chi connectivity index (χ0n) is 40.3. The van der Waals surface area contributed by atoms with Crippen LogP contribution in [0.2, 0.25) is 0 Å². The lowest BCUT2D eigenvalue weighted by Crippen LogP contribution is -2.26. The van der Waals surface area contributed by atoms with Crippen LogP contribution in [0.4, 0.5) is 0 Å². The zero-order valence-corrected chi connectivity index (χ0v) is 48.3. The first-order chi connectivity index (χ1) is 35.1. The van der Waals surface area contributed by atoms with Crippen LogP contribution >= 0.6 is 70.2 Å². The summed E-state index contributed by atoms with van der Waals surface area (Å²) < 4.78 is 192. The molecule has 0 amide bonds. The van der Waals surface area contributed by atoms with Gasteiger partial charge in [0.05, 0.1) is 145 Å². The molecule has 0 aliphatic carbocycles. The highest BCUT2D eigenvalue weighted by Gasteiger charge is 2.24.